The second-order valence-electron chi connectivity index (χ2n) is 5.09. The van der Waals surface area contributed by atoms with Crippen molar-refractivity contribution in [3.63, 3.8) is 0 Å². The van der Waals surface area contributed by atoms with Gasteiger partial charge in [-0.05, 0) is 12.8 Å². The Kier molecular flexibility index (Phi) is 5.75. The van der Waals surface area contributed by atoms with E-state index in [9.17, 15) is 9.59 Å². The fourth-order valence-electron chi connectivity index (χ4n) is 2.54. The van der Waals surface area contributed by atoms with Crippen LogP contribution >= 0.6 is 0 Å². The van der Waals surface area contributed by atoms with E-state index in [2.05, 4.69) is 5.32 Å². The van der Waals surface area contributed by atoms with Crippen molar-refractivity contribution in [1.82, 2.24) is 10.2 Å². The summed E-state index contributed by atoms with van der Waals surface area (Å²) in [6.07, 6.45) is 1.79. The highest BCUT2D eigenvalue weighted by atomic mass is 16.5. The molecule has 0 aromatic carbocycles. The van der Waals surface area contributed by atoms with Crippen LogP contribution in [-0.4, -0.2) is 73.5 Å². The quantitative estimate of drug-likeness (QED) is 0.646. The van der Waals surface area contributed by atoms with Crippen LogP contribution in [-0.2, 0) is 19.1 Å². The van der Waals surface area contributed by atoms with E-state index in [0.29, 0.717) is 32.6 Å². The van der Waals surface area contributed by atoms with Gasteiger partial charge in [-0.2, -0.15) is 0 Å². The Bertz CT molecular complexity index is 350. The molecule has 0 saturated carbocycles. The summed E-state index contributed by atoms with van der Waals surface area (Å²) in [5, 5.41) is 11.7. The van der Waals surface area contributed by atoms with Gasteiger partial charge in [0, 0.05) is 19.6 Å². The van der Waals surface area contributed by atoms with E-state index in [0.717, 1.165) is 6.42 Å². The summed E-state index contributed by atoms with van der Waals surface area (Å²) in [6.45, 7) is 1.93. The van der Waals surface area contributed by atoms with Crippen LogP contribution < -0.4 is 5.32 Å². The van der Waals surface area contributed by atoms with Crippen molar-refractivity contribution in [2.24, 2.45) is 0 Å². The third-order valence-corrected chi connectivity index (χ3v) is 3.58. The largest absolute Gasteiger partial charge is 0.394 e. The summed E-state index contributed by atoms with van der Waals surface area (Å²) in [6, 6.07) is -0.125. The molecule has 2 fully saturated rings. The van der Waals surface area contributed by atoms with Crippen LogP contribution in [0.2, 0.25) is 0 Å². The lowest BCUT2D eigenvalue weighted by Gasteiger charge is -2.32. The third kappa shape index (κ3) is 4.16. The van der Waals surface area contributed by atoms with Gasteiger partial charge in [0.2, 0.25) is 11.8 Å². The highest BCUT2D eigenvalue weighted by Gasteiger charge is 2.29. The Morgan fingerprint density at radius 3 is 3.10 bits per heavy atom. The van der Waals surface area contributed by atoms with Crippen molar-refractivity contribution in [1.29, 1.82) is 0 Å². The molecule has 2 N–H and O–H groups in total. The molecule has 2 aliphatic rings. The standard InChI is InChI=1S/C13H22N2O5/c16-5-7-20-11-9-19-6-3-10(11)14-12(17)8-15-4-1-2-13(15)18/h10-11,16H,1-9H2,(H,14,17)/t10-,11-/m1/s1. The number of carbonyl (C=O) groups excluding carboxylic acids is 2. The summed E-state index contributed by atoms with van der Waals surface area (Å²) in [4.78, 5) is 25.0. The minimum absolute atomic E-state index is 0.0419. The van der Waals surface area contributed by atoms with Crippen molar-refractivity contribution >= 4 is 11.8 Å². The smallest absolute Gasteiger partial charge is 0.239 e. The van der Waals surface area contributed by atoms with Crippen LogP contribution in [0, 0.1) is 0 Å². The fourth-order valence-corrected chi connectivity index (χ4v) is 2.54. The van der Waals surface area contributed by atoms with Gasteiger partial charge in [-0.1, -0.05) is 0 Å². The van der Waals surface area contributed by atoms with Crippen molar-refractivity contribution in [3.8, 4) is 0 Å². The summed E-state index contributed by atoms with van der Waals surface area (Å²) in [7, 11) is 0. The molecule has 2 amide bonds. The van der Waals surface area contributed by atoms with Crippen LogP contribution in [0.15, 0.2) is 0 Å². The molecule has 0 bridgehead atoms. The second kappa shape index (κ2) is 7.56. The van der Waals surface area contributed by atoms with Crippen LogP contribution in [0.4, 0.5) is 0 Å². The lowest BCUT2D eigenvalue weighted by Crippen LogP contribution is -2.52. The van der Waals surface area contributed by atoms with E-state index in [1.807, 2.05) is 0 Å². The molecule has 2 heterocycles. The number of hydrogen-bond acceptors (Lipinski definition) is 5. The van der Waals surface area contributed by atoms with Gasteiger partial charge in [-0.15, -0.1) is 0 Å². The maximum absolute atomic E-state index is 12.0. The Morgan fingerprint density at radius 1 is 1.55 bits per heavy atom. The number of carbonyl (C=O) groups is 2. The monoisotopic (exact) mass is 286 g/mol. The average Bonchev–Trinajstić information content (AvgIpc) is 2.83. The van der Waals surface area contributed by atoms with E-state index < -0.39 is 0 Å². The van der Waals surface area contributed by atoms with E-state index >= 15 is 0 Å². The molecule has 2 atom stereocenters. The van der Waals surface area contributed by atoms with Crippen LogP contribution in [0.5, 0.6) is 0 Å². The Labute approximate surface area is 118 Å². The zero-order valence-corrected chi connectivity index (χ0v) is 11.5. The molecular formula is C13H22N2O5. The zero-order chi connectivity index (χ0) is 14.4. The molecule has 2 rings (SSSR count). The van der Waals surface area contributed by atoms with Gasteiger partial charge in [-0.3, -0.25) is 9.59 Å². The maximum Gasteiger partial charge on any atom is 0.239 e. The number of hydrogen-bond donors (Lipinski definition) is 2. The predicted molar refractivity (Wildman–Crippen MR) is 70.0 cm³/mol. The molecule has 0 aliphatic carbocycles. The van der Waals surface area contributed by atoms with Gasteiger partial charge in [0.05, 0.1) is 32.4 Å². The Morgan fingerprint density at radius 2 is 2.40 bits per heavy atom. The lowest BCUT2D eigenvalue weighted by atomic mass is 10.1. The Balaban J connectivity index is 1.79. The number of nitrogens with one attached hydrogen (secondary N) is 1. The first-order valence-electron chi connectivity index (χ1n) is 7.08. The highest BCUT2D eigenvalue weighted by Crippen LogP contribution is 2.12. The van der Waals surface area contributed by atoms with Gasteiger partial charge in [-0.25, -0.2) is 0 Å². The Hall–Kier alpha value is -1.18. The summed E-state index contributed by atoms with van der Waals surface area (Å²) < 4.78 is 10.8. The summed E-state index contributed by atoms with van der Waals surface area (Å²) in [5.41, 5.74) is 0. The van der Waals surface area contributed by atoms with Crippen LogP contribution in [0.3, 0.4) is 0 Å². The predicted octanol–water partition coefficient (Wildman–Crippen LogP) is -1.11. The fraction of sp³-hybridized carbons (Fsp3) is 0.846. The number of nitrogens with zero attached hydrogens (tertiary/aromatic N) is 1. The van der Waals surface area contributed by atoms with Gasteiger partial charge in [0.1, 0.15) is 6.10 Å². The highest BCUT2D eigenvalue weighted by molar-refractivity contribution is 5.85. The minimum atomic E-state index is -0.242. The molecule has 7 nitrogen and oxygen atoms in total. The molecule has 7 heteroatoms. The molecule has 0 aromatic rings. The molecule has 0 unspecified atom stereocenters. The van der Waals surface area contributed by atoms with Crippen molar-refractivity contribution < 1.29 is 24.2 Å². The minimum Gasteiger partial charge on any atom is -0.394 e. The normalized spacial score (nSPS) is 26.9. The first-order valence-corrected chi connectivity index (χ1v) is 7.08. The van der Waals surface area contributed by atoms with E-state index in [1.165, 1.54) is 0 Å². The lowest BCUT2D eigenvalue weighted by molar-refractivity contribution is -0.135. The molecular weight excluding hydrogens is 264 g/mol. The van der Waals surface area contributed by atoms with E-state index in [1.54, 1.807) is 4.90 Å². The molecule has 0 aromatic heterocycles. The number of aliphatic hydroxyl groups is 1. The molecule has 2 aliphatic heterocycles. The van der Waals surface area contributed by atoms with Gasteiger partial charge < -0.3 is 24.8 Å². The summed E-state index contributed by atoms with van der Waals surface area (Å²) in [5.74, 6) is -0.120. The molecule has 114 valence electrons. The first-order chi connectivity index (χ1) is 9.70. The number of aliphatic hydroxyl groups excluding tert-OH is 1. The molecule has 0 radical (unpaired) electrons. The van der Waals surface area contributed by atoms with Crippen LogP contribution in [0.1, 0.15) is 19.3 Å². The molecule has 2 saturated heterocycles. The van der Waals surface area contributed by atoms with E-state index in [4.69, 9.17) is 14.6 Å². The molecule has 20 heavy (non-hydrogen) atoms. The SMILES string of the molecule is O=C(CN1CCCC1=O)N[C@@H]1CCOC[C@H]1OCCO. The second-order valence-corrected chi connectivity index (χ2v) is 5.09. The number of amides is 2. The maximum atomic E-state index is 12.0. The average molecular weight is 286 g/mol. The van der Waals surface area contributed by atoms with Gasteiger partial charge in [0.15, 0.2) is 0 Å². The zero-order valence-electron chi connectivity index (χ0n) is 11.5. The topological polar surface area (TPSA) is 88.1 Å². The molecule has 0 spiro atoms. The summed E-state index contributed by atoms with van der Waals surface area (Å²) >= 11 is 0. The van der Waals surface area contributed by atoms with Crippen molar-refractivity contribution in [3.05, 3.63) is 0 Å². The number of rotatable bonds is 6. The van der Waals surface area contributed by atoms with Gasteiger partial charge >= 0.3 is 0 Å². The number of likely N-dealkylation sites (tertiary alicyclic amines) is 1. The van der Waals surface area contributed by atoms with Crippen LogP contribution in [0.25, 0.3) is 0 Å². The first kappa shape index (κ1) is 15.2. The van der Waals surface area contributed by atoms with Crippen molar-refractivity contribution in [2.75, 3.05) is 39.5 Å². The van der Waals surface area contributed by atoms with Gasteiger partial charge in [0.25, 0.3) is 0 Å². The van der Waals surface area contributed by atoms with E-state index in [-0.39, 0.29) is 43.7 Å². The third-order valence-electron chi connectivity index (χ3n) is 3.58. The van der Waals surface area contributed by atoms with Crippen molar-refractivity contribution in [2.45, 2.75) is 31.4 Å². The number of ether oxygens (including phenoxy) is 2.